The number of benzene rings is 1. The van der Waals surface area contributed by atoms with Gasteiger partial charge < -0.3 is 4.74 Å². The number of halogens is 2. The van der Waals surface area contributed by atoms with Crippen molar-refractivity contribution in [1.29, 1.82) is 0 Å². The molecule has 0 saturated heterocycles. The predicted octanol–water partition coefficient (Wildman–Crippen LogP) is 8.07. The molecule has 2 rings (SSSR count). The van der Waals surface area contributed by atoms with Gasteiger partial charge in [-0.15, -0.1) is 0 Å². The quantitative estimate of drug-likeness (QED) is 0.230. The first kappa shape index (κ1) is 26.2. The summed E-state index contributed by atoms with van der Waals surface area (Å²) in [6.07, 6.45) is 12.5. The third-order valence-corrected chi connectivity index (χ3v) is 5.80. The molecule has 0 fully saturated rings. The van der Waals surface area contributed by atoms with Crippen molar-refractivity contribution in [3.05, 3.63) is 42.2 Å². The van der Waals surface area contributed by atoms with E-state index in [-0.39, 0.29) is 19.4 Å². The van der Waals surface area contributed by atoms with Crippen LogP contribution in [0.1, 0.15) is 90.0 Å². The lowest BCUT2D eigenvalue weighted by atomic mass is 10.0. The highest BCUT2D eigenvalue weighted by atomic mass is 19.2. The predicted molar refractivity (Wildman–Crippen MR) is 129 cm³/mol. The number of hydrogen-bond donors (Lipinski definition) is 0. The molecule has 2 unspecified atom stereocenters. The first-order valence-corrected chi connectivity index (χ1v) is 12.5. The summed E-state index contributed by atoms with van der Waals surface area (Å²) >= 11 is 0. The molecule has 0 bridgehead atoms. The van der Waals surface area contributed by atoms with E-state index in [1.807, 2.05) is 6.92 Å². The van der Waals surface area contributed by atoms with Crippen molar-refractivity contribution < 1.29 is 13.5 Å². The van der Waals surface area contributed by atoms with Gasteiger partial charge in [-0.25, -0.2) is 18.7 Å². The zero-order valence-corrected chi connectivity index (χ0v) is 19.9. The first-order chi connectivity index (χ1) is 15.6. The van der Waals surface area contributed by atoms with Crippen LogP contribution in [-0.2, 0) is 6.42 Å². The van der Waals surface area contributed by atoms with Gasteiger partial charge >= 0.3 is 0 Å². The Bertz CT molecular complexity index is 721. The standard InChI is InChI=1S/C27H40F2N2O/c1-3-5-7-8-9-10-11-12-22-14-16-23(17-15-22)27-30-20-24(21-31-27)32-19-18-26(29)25(28)13-6-4-2/h14-17,20-21,25-26H,3-13,18-19H2,1-2H3. The maximum Gasteiger partial charge on any atom is 0.159 e. The highest BCUT2D eigenvalue weighted by Crippen LogP contribution is 2.20. The van der Waals surface area contributed by atoms with E-state index in [2.05, 4.69) is 41.2 Å². The van der Waals surface area contributed by atoms with E-state index in [9.17, 15) is 8.78 Å². The Kier molecular flexibility index (Phi) is 12.9. The van der Waals surface area contributed by atoms with Crippen LogP contribution in [0.15, 0.2) is 36.7 Å². The van der Waals surface area contributed by atoms with Gasteiger partial charge in [-0.05, 0) is 24.8 Å². The van der Waals surface area contributed by atoms with Crippen LogP contribution in [0.2, 0.25) is 0 Å². The van der Waals surface area contributed by atoms with Crippen molar-refractivity contribution in [2.45, 2.75) is 103 Å². The van der Waals surface area contributed by atoms with Gasteiger partial charge in [0, 0.05) is 12.0 Å². The highest BCUT2D eigenvalue weighted by molar-refractivity contribution is 5.55. The van der Waals surface area contributed by atoms with Gasteiger partial charge in [-0.1, -0.05) is 89.5 Å². The Morgan fingerprint density at radius 3 is 2.00 bits per heavy atom. The van der Waals surface area contributed by atoms with E-state index >= 15 is 0 Å². The second-order valence-electron chi connectivity index (χ2n) is 8.62. The lowest BCUT2D eigenvalue weighted by Crippen LogP contribution is -2.20. The summed E-state index contributed by atoms with van der Waals surface area (Å²) in [5.74, 6) is 1.10. The Morgan fingerprint density at radius 1 is 0.750 bits per heavy atom. The molecule has 0 aliphatic rings. The fourth-order valence-electron chi connectivity index (χ4n) is 3.70. The fraction of sp³-hybridized carbons (Fsp3) is 0.630. The molecule has 32 heavy (non-hydrogen) atoms. The molecular formula is C27H40F2N2O. The molecular weight excluding hydrogens is 406 g/mol. The van der Waals surface area contributed by atoms with Crippen LogP contribution in [0.5, 0.6) is 5.75 Å². The summed E-state index contributed by atoms with van der Waals surface area (Å²) in [4.78, 5) is 8.72. The monoisotopic (exact) mass is 446 g/mol. The summed E-state index contributed by atoms with van der Waals surface area (Å²) in [6.45, 7) is 4.33. The number of aromatic nitrogens is 2. The second kappa shape index (κ2) is 15.7. The molecule has 3 nitrogen and oxygen atoms in total. The van der Waals surface area contributed by atoms with E-state index in [1.54, 1.807) is 12.4 Å². The first-order valence-electron chi connectivity index (χ1n) is 12.5. The van der Waals surface area contributed by atoms with E-state index in [1.165, 1.54) is 50.5 Å². The van der Waals surface area contributed by atoms with Crippen molar-refractivity contribution in [2.24, 2.45) is 0 Å². The van der Waals surface area contributed by atoms with Crippen molar-refractivity contribution in [2.75, 3.05) is 6.61 Å². The molecule has 1 aromatic carbocycles. The summed E-state index contributed by atoms with van der Waals surface area (Å²) in [5, 5.41) is 0. The number of aryl methyl sites for hydroxylation is 1. The zero-order chi connectivity index (χ0) is 23.0. The lowest BCUT2D eigenvalue weighted by molar-refractivity contribution is 0.128. The van der Waals surface area contributed by atoms with Crippen LogP contribution in [-0.4, -0.2) is 28.9 Å². The average molecular weight is 447 g/mol. The lowest BCUT2D eigenvalue weighted by Gasteiger charge is -2.13. The third-order valence-electron chi connectivity index (χ3n) is 5.80. The topological polar surface area (TPSA) is 35.0 Å². The van der Waals surface area contributed by atoms with Crippen molar-refractivity contribution >= 4 is 0 Å². The number of hydrogen-bond acceptors (Lipinski definition) is 3. The van der Waals surface area contributed by atoms with Crippen LogP contribution >= 0.6 is 0 Å². The van der Waals surface area contributed by atoms with Gasteiger partial charge in [0.05, 0.1) is 19.0 Å². The maximum absolute atomic E-state index is 13.8. The number of ether oxygens (including phenoxy) is 1. The largest absolute Gasteiger partial charge is 0.490 e. The molecule has 178 valence electrons. The van der Waals surface area contributed by atoms with Gasteiger partial charge in [0.2, 0.25) is 0 Å². The molecule has 0 aliphatic carbocycles. The molecule has 2 atom stereocenters. The summed E-state index contributed by atoms with van der Waals surface area (Å²) in [5.41, 5.74) is 2.30. The molecule has 0 radical (unpaired) electrons. The number of alkyl halides is 2. The summed E-state index contributed by atoms with van der Waals surface area (Å²) in [6, 6.07) is 8.40. The number of nitrogens with zero attached hydrogens (tertiary/aromatic N) is 2. The number of rotatable bonds is 17. The smallest absolute Gasteiger partial charge is 0.159 e. The van der Waals surface area contributed by atoms with Gasteiger partial charge in [0.15, 0.2) is 11.6 Å². The minimum absolute atomic E-state index is 0.0346. The summed E-state index contributed by atoms with van der Waals surface area (Å²) < 4.78 is 33.0. The third kappa shape index (κ3) is 10.1. The van der Waals surface area contributed by atoms with E-state index in [0.717, 1.165) is 18.4 Å². The normalized spacial score (nSPS) is 13.1. The minimum atomic E-state index is -1.48. The molecule has 0 saturated carbocycles. The van der Waals surface area contributed by atoms with Gasteiger partial charge in [-0.3, -0.25) is 0 Å². The number of unbranched alkanes of at least 4 members (excludes halogenated alkanes) is 7. The average Bonchev–Trinajstić information content (AvgIpc) is 2.82. The van der Waals surface area contributed by atoms with Crippen LogP contribution in [0.3, 0.4) is 0 Å². The molecule has 5 heteroatoms. The van der Waals surface area contributed by atoms with Crippen molar-refractivity contribution in [1.82, 2.24) is 9.97 Å². The van der Waals surface area contributed by atoms with Crippen LogP contribution in [0.25, 0.3) is 11.4 Å². The van der Waals surface area contributed by atoms with Gasteiger partial charge in [0.25, 0.3) is 0 Å². The molecule has 1 aromatic heterocycles. The molecule has 0 amide bonds. The fourth-order valence-corrected chi connectivity index (χ4v) is 3.70. The Hall–Kier alpha value is -2.04. The minimum Gasteiger partial charge on any atom is -0.490 e. The molecule has 0 N–H and O–H groups in total. The van der Waals surface area contributed by atoms with E-state index in [0.29, 0.717) is 18.0 Å². The second-order valence-corrected chi connectivity index (χ2v) is 8.62. The van der Waals surface area contributed by atoms with Crippen molar-refractivity contribution in [3.63, 3.8) is 0 Å². The van der Waals surface area contributed by atoms with Crippen LogP contribution < -0.4 is 4.74 Å². The Balaban J connectivity index is 1.71. The molecule has 1 heterocycles. The SMILES string of the molecule is CCCCCCCCCc1ccc(-c2ncc(OCCC(F)C(F)CCCC)cn2)cc1. The van der Waals surface area contributed by atoms with Crippen LogP contribution in [0.4, 0.5) is 8.78 Å². The van der Waals surface area contributed by atoms with Crippen LogP contribution in [0, 0.1) is 0 Å². The Morgan fingerprint density at radius 2 is 1.34 bits per heavy atom. The summed E-state index contributed by atoms with van der Waals surface area (Å²) in [7, 11) is 0. The highest BCUT2D eigenvalue weighted by Gasteiger charge is 2.19. The van der Waals surface area contributed by atoms with E-state index in [4.69, 9.17) is 4.74 Å². The zero-order valence-electron chi connectivity index (χ0n) is 19.9. The van der Waals surface area contributed by atoms with E-state index < -0.39 is 12.3 Å². The van der Waals surface area contributed by atoms with Crippen molar-refractivity contribution in [3.8, 4) is 17.1 Å². The maximum atomic E-state index is 13.8. The Labute approximate surface area is 193 Å². The molecule has 0 aliphatic heterocycles. The van der Waals surface area contributed by atoms with Gasteiger partial charge in [0.1, 0.15) is 12.3 Å². The molecule has 0 spiro atoms. The molecule has 2 aromatic rings. The van der Waals surface area contributed by atoms with Gasteiger partial charge in [-0.2, -0.15) is 0 Å².